The molecule has 160 valence electrons. The van der Waals surface area contributed by atoms with Gasteiger partial charge in [-0.1, -0.05) is 24.3 Å². The fourth-order valence-corrected chi connectivity index (χ4v) is 3.97. The number of pyridine rings is 1. The first kappa shape index (κ1) is 20.7. The maximum absolute atomic E-state index is 13.1. The Morgan fingerprint density at radius 3 is 2.68 bits per heavy atom. The minimum atomic E-state index is -0.557. The summed E-state index contributed by atoms with van der Waals surface area (Å²) in [6, 6.07) is 12.2. The van der Waals surface area contributed by atoms with E-state index in [4.69, 9.17) is 0 Å². The number of aromatic amines is 1. The highest BCUT2D eigenvalue weighted by Gasteiger charge is 2.25. The molecule has 3 aromatic rings. The molecule has 0 radical (unpaired) electrons. The van der Waals surface area contributed by atoms with Crippen molar-refractivity contribution in [2.45, 2.75) is 19.4 Å². The van der Waals surface area contributed by atoms with Gasteiger partial charge in [-0.25, -0.2) is 0 Å². The Kier molecular flexibility index (Phi) is 5.50. The SMILES string of the molecule is CC(C(=O)N1CCC=C(c2ccc3cc(C(=O)N(C)C)[nH]c3c2)C1)n1ccccc1=O. The van der Waals surface area contributed by atoms with Crippen molar-refractivity contribution in [2.24, 2.45) is 0 Å². The number of carbonyl (C=O) groups is 2. The molecule has 0 saturated heterocycles. The third-order valence-corrected chi connectivity index (χ3v) is 5.72. The highest BCUT2D eigenvalue weighted by Crippen LogP contribution is 2.26. The van der Waals surface area contributed by atoms with Gasteiger partial charge in [-0.05, 0) is 42.7 Å². The van der Waals surface area contributed by atoms with Crippen molar-refractivity contribution in [3.05, 3.63) is 76.3 Å². The second-order valence-corrected chi connectivity index (χ2v) is 8.08. The van der Waals surface area contributed by atoms with E-state index in [1.54, 1.807) is 44.2 Å². The molecule has 31 heavy (non-hydrogen) atoms. The number of hydrogen-bond donors (Lipinski definition) is 1. The van der Waals surface area contributed by atoms with E-state index in [1.807, 2.05) is 24.3 Å². The lowest BCUT2D eigenvalue weighted by Gasteiger charge is -2.30. The largest absolute Gasteiger partial charge is 0.351 e. The fourth-order valence-electron chi connectivity index (χ4n) is 3.97. The zero-order chi connectivity index (χ0) is 22.1. The zero-order valence-electron chi connectivity index (χ0n) is 18.0. The number of rotatable bonds is 4. The molecule has 1 N–H and O–H groups in total. The van der Waals surface area contributed by atoms with Crippen LogP contribution in [0, 0.1) is 0 Å². The standard InChI is InChI=1S/C24H26N4O3/c1-16(28-12-5-4-8-22(28)29)23(30)27-11-6-7-19(15-27)17-9-10-18-14-21(24(31)26(2)3)25-20(18)13-17/h4-5,7-10,12-14,16,25H,6,11,15H2,1-3H3. The van der Waals surface area contributed by atoms with Gasteiger partial charge in [0.15, 0.2) is 0 Å². The number of nitrogens with zero attached hydrogens (tertiary/aromatic N) is 3. The molecule has 0 fully saturated rings. The Balaban J connectivity index is 1.55. The van der Waals surface area contributed by atoms with Crippen molar-refractivity contribution in [1.29, 1.82) is 0 Å². The first-order chi connectivity index (χ1) is 14.8. The monoisotopic (exact) mass is 418 g/mol. The Morgan fingerprint density at radius 2 is 1.94 bits per heavy atom. The van der Waals surface area contributed by atoms with Crippen molar-refractivity contribution in [2.75, 3.05) is 27.2 Å². The van der Waals surface area contributed by atoms with E-state index in [2.05, 4.69) is 11.1 Å². The van der Waals surface area contributed by atoms with Gasteiger partial charge >= 0.3 is 0 Å². The molecule has 3 heterocycles. The van der Waals surface area contributed by atoms with Gasteiger partial charge in [-0.15, -0.1) is 0 Å². The molecule has 0 bridgehead atoms. The number of fused-ring (bicyclic) bond motifs is 1. The van der Waals surface area contributed by atoms with E-state index in [-0.39, 0.29) is 17.4 Å². The molecule has 7 nitrogen and oxygen atoms in total. The summed E-state index contributed by atoms with van der Waals surface area (Å²) >= 11 is 0. The van der Waals surface area contributed by atoms with Crippen LogP contribution in [-0.4, -0.2) is 58.4 Å². The summed E-state index contributed by atoms with van der Waals surface area (Å²) in [5, 5.41) is 0.968. The molecule has 0 saturated carbocycles. The second-order valence-electron chi connectivity index (χ2n) is 8.08. The first-order valence-corrected chi connectivity index (χ1v) is 10.3. The summed E-state index contributed by atoms with van der Waals surface area (Å²) in [6.07, 6.45) is 4.56. The Hall–Kier alpha value is -3.61. The normalized spacial score (nSPS) is 14.9. The molecular formula is C24H26N4O3. The van der Waals surface area contributed by atoms with Gasteiger partial charge in [0.25, 0.3) is 11.5 Å². The molecule has 1 aromatic carbocycles. The Morgan fingerprint density at radius 1 is 1.13 bits per heavy atom. The fraction of sp³-hybridized carbons (Fsp3) is 0.292. The van der Waals surface area contributed by atoms with E-state index in [9.17, 15) is 14.4 Å². The average Bonchev–Trinajstić information content (AvgIpc) is 3.21. The maximum atomic E-state index is 13.1. The smallest absolute Gasteiger partial charge is 0.269 e. The molecule has 0 spiro atoms. The van der Waals surface area contributed by atoms with Crippen LogP contribution in [0.15, 0.2) is 59.5 Å². The molecular weight excluding hydrogens is 392 g/mol. The van der Waals surface area contributed by atoms with Crippen LogP contribution in [0.4, 0.5) is 0 Å². The summed E-state index contributed by atoms with van der Waals surface area (Å²) < 4.78 is 1.47. The quantitative estimate of drug-likeness (QED) is 0.708. The third-order valence-electron chi connectivity index (χ3n) is 5.72. The summed E-state index contributed by atoms with van der Waals surface area (Å²) in [6.45, 7) is 2.87. The van der Waals surface area contributed by atoms with Crippen LogP contribution in [0.25, 0.3) is 16.5 Å². The van der Waals surface area contributed by atoms with Gasteiger partial charge in [0, 0.05) is 50.4 Å². The molecule has 2 aromatic heterocycles. The number of hydrogen-bond acceptors (Lipinski definition) is 3. The van der Waals surface area contributed by atoms with Crippen LogP contribution in [0.2, 0.25) is 0 Å². The molecule has 1 aliphatic rings. The van der Waals surface area contributed by atoms with Crippen LogP contribution in [0.5, 0.6) is 0 Å². The van der Waals surface area contributed by atoms with E-state index in [0.717, 1.165) is 28.5 Å². The topological polar surface area (TPSA) is 78.4 Å². The lowest BCUT2D eigenvalue weighted by Crippen LogP contribution is -2.41. The van der Waals surface area contributed by atoms with Crippen LogP contribution >= 0.6 is 0 Å². The van der Waals surface area contributed by atoms with Gasteiger partial charge in [0.2, 0.25) is 5.91 Å². The van der Waals surface area contributed by atoms with Crippen LogP contribution in [0.1, 0.15) is 35.4 Å². The number of aromatic nitrogens is 2. The van der Waals surface area contributed by atoms with Crippen molar-refractivity contribution < 1.29 is 9.59 Å². The van der Waals surface area contributed by atoms with Crippen LogP contribution in [0.3, 0.4) is 0 Å². The van der Waals surface area contributed by atoms with Crippen LogP contribution < -0.4 is 5.56 Å². The maximum Gasteiger partial charge on any atom is 0.269 e. The van der Waals surface area contributed by atoms with E-state index in [0.29, 0.717) is 18.8 Å². The molecule has 1 atom stereocenters. The number of nitrogens with one attached hydrogen (secondary N) is 1. The number of benzene rings is 1. The molecule has 2 amide bonds. The molecule has 7 heteroatoms. The second kappa shape index (κ2) is 8.26. The van der Waals surface area contributed by atoms with Gasteiger partial charge in [0.05, 0.1) is 0 Å². The highest BCUT2D eigenvalue weighted by atomic mass is 16.2. The average molecular weight is 418 g/mol. The lowest BCUT2D eigenvalue weighted by atomic mass is 9.99. The van der Waals surface area contributed by atoms with Gasteiger partial charge in [-0.3, -0.25) is 14.4 Å². The summed E-state index contributed by atoms with van der Waals surface area (Å²) in [4.78, 5) is 44.0. The highest BCUT2D eigenvalue weighted by molar-refractivity contribution is 5.98. The first-order valence-electron chi connectivity index (χ1n) is 10.3. The minimum absolute atomic E-state index is 0.0706. The molecule has 4 rings (SSSR count). The Labute approximate surface area is 180 Å². The van der Waals surface area contributed by atoms with Crippen molar-refractivity contribution in [3.63, 3.8) is 0 Å². The van der Waals surface area contributed by atoms with Crippen molar-refractivity contribution in [3.8, 4) is 0 Å². The lowest BCUT2D eigenvalue weighted by molar-refractivity contribution is -0.133. The van der Waals surface area contributed by atoms with Gasteiger partial charge in [-0.2, -0.15) is 0 Å². The van der Waals surface area contributed by atoms with Crippen molar-refractivity contribution >= 4 is 28.3 Å². The third kappa shape index (κ3) is 4.03. The molecule has 0 aliphatic carbocycles. The summed E-state index contributed by atoms with van der Waals surface area (Å²) in [5.74, 6) is -0.143. The summed E-state index contributed by atoms with van der Waals surface area (Å²) in [5.41, 5.74) is 3.32. The van der Waals surface area contributed by atoms with Crippen molar-refractivity contribution in [1.82, 2.24) is 19.4 Å². The van der Waals surface area contributed by atoms with Crippen LogP contribution in [-0.2, 0) is 4.79 Å². The minimum Gasteiger partial charge on any atom is -0.351 e. The number of H-pyrrole nitrogens is 1. The zero-order valence-corrected chi connectivity index (χ0v) is 18.0. The Bertz CT molecular complexity index is 1230. The van der Waals surface area contributed by atoms with Gasteiger partial charge < -0.3 is 19.4 Å². The van der Waals surface area contributed by atoms with E-state index < -0.39 is 6.04 Å². The van der Waals surface area contributed by atoms with E-state index >= 15 is 0 Å². The number of amides is 2. The predicted molar refractivity (Wildman–Crippen MR) is 121 cm³/mol. The van der Waals surface area contributed by atoms with Gasteiger partial charge in [0.1, 0.15) is 11.7 Å². The predicted octanol–water partition coefficient (Wildman–Crippen LogP) is 2.91. The summed E-state index contributed by atoms with van der Waals surface area (Å²) in [7, 11) is 3.45. The van der Waals surface area contributed by atoms with E-state index in [1.165, 1.54) is 15.5 Å². The number of carbonyl (C=O) groups excluding carboxylic acids is 2. The molecule has 1 unspecified atom stereocenters. The molecule has 1 aliphatic heterocycles.